The number of hydrogen-bond acceptors (Lipinski definition) is 2. The van der Waals surface area contributed by atoms with Gasteiger partial charge in [0, 0.05) is 0 Å². The van der Waals surface area contributed by atoms with Gasteiger partial charge in [-0.25, -0.2) is 0 Å². The first-order valence-electron chi connectivity index (χ1n) is 6.17. The van der Waals surface area contributed by atoms with Crippen LogP contribution in [0.4, 0.5) is 4.69 Å². The second kappa shape index (κ2) is 4.31. The van der Waals surface area contributed by atoms with E-state index in [-0.39, 0.29) is 0 Å². The van der Waals surface area contributed by atoms with Crippen molar-refractivity contribution in [2.75, 3.05) is 18.0 Å². The summed E-state index contributed by atoms with van der Waals surface area (Å²) >= 11 is 0.590. The van der Waals surface area contributed by atoms with Crippen LogP contribution in [0.5, 0.6) is 0 Å². The van der Waals surface area contributed by atoms with E-state index < -0.39 is 0 Å². The standard InChI is InChI=1S/C12H18N2Se/c1-4-8-14(9-5-1)12-13-10-6-2-3-7-11(10)15-12/h1-9H2. The fraction of sp³-hybridized carbons (Fsp3) is 0.750. The molecule has 0 N–H and O–H groups in total. The number of rotatable bonds is 1. The molecule has 2 nitrogen and oxygen atoms in total. The van der Waals surface area contributed by atoms with Gasteiger partial charge in [0.05, 0.1) is 0 Å². The van der Waals surface area contributed by atoms with Gasteiger partial charge in [-0.1, -0.05) is 0 Å². The van der Waals surface area contributed by atoms with Crippen LogP contribution in [0.3, 0.4) is 0 Å². The van der Waals surface area contributed by atoms with E-state index in [1.807, 2.05) is 0 Å². The van der Waals surface area contributed by atoms with Gasteiger partial charge in [-0.05, 0) is 0 Å². The minimum absolute atomic E-state index is 0.590. The first-order chi connectivity index (χ1) is 7.43. The molecule has 2 heterocycles. The van der Waals surface area contributed by atoms with E-state index in [4.69, 9.17) is 4.98 Å². The van der Waals surface area contributed by atoms with Crippen molar-refractivity contribution >= 4 is 19.2 Å². The first kappa shape index (κ1) is 9.92. The van der Waals surface area contributed by atoms with Crippen LogP contribution in [-0.4, -0.2) is 32.6 Å². The average Bonchev–Trinajstić information content (AvgIpc) is 2.74. The Balaban J connectivity index is 1.82. The van der Waals surface area contributed by atoms with E-state index >= 15 is 0 Å². The van der Waals surface area contributed by atoms with E-state index in [2.05, 4.69) is 4.90 Å². The zero-order chi connectivity index (χ0) is 10.1. The Morgan fingerprint density at radius 3 is 2.53 bits per heavy atom. The summed E-state index contributed by atoms with van der Waals surface area (Å²) in [4.78, 5) is 7.44. The van der Waals surface area contributed by atoms with E-state index in [9.17, 15) is 0 Å². The monoisotopic (exact) mass is 270 g/mol. The van der Waals surface area contributed by atoms with E-state index in [1.165, 1.54) is 68.4 Å². The Morgan fingerprint density at radius 2 is 1.73 bits per heavy atom. The van der Waals surface area contributed by atoms with Gasteiger partial charge in [-0.15, -0.1) is 0 Å². The summed E-state index contributed by atoms with van der Waals surface area (Å²) in [5.41, 5.74) is 1.47. The van der Waals surface area contributed by atoms with Crippen molar-refractivity contribution in [2.45, 2.75) is 44.9 Å². The summed E-state index contributed by atoms with van der Waals surface area (Å²) in [5.74, 6) is 0. The molecule has 15 heavy (non-hydrogen) atoms. The summed E-state index contributed by atoms with van der Waals surface area (Å²) in [6, 6.07) is 0. The Bertz CT molecular complexity index is 316. The molecule has 0 amide bonds. The second-order valence-electron chi connectivity index (χ2n) is 4.62. The average molecular weight is 269 g/mol. The number of hydrogen-bond donors (Lipinski definition) is 0. The molecule has 2 aliphatic rings. The third-order valence-corrected chi connectivity index (χ3v) is 6.02. The number of fused-ring (bicyclic) bond motifs is 1. The molecule has 1 aromatic rings. The van der Waals surface area contributed by atoms with Crippen molar-refractivity contribution in [1.29, 1.82) is 0 Å². The predicted molar refractivity (Wildman–Crippen MR) is 63.9 cm³/mol. The van der Waals surface area contributed by atoms with Crippen LogP contribution in [0, 0.1) is 0 Å². The third kappa shape index (κ3) is 2.00. The number of aromatic nitrogens is 1. The minimum atomic E-state index is 0.590. The van der Waals surface area contributed by atoms with Gasteiger partial charge in [0.2, 0.25) is 0 Å². The number of nitrogens with zero attached hydrogens (tertiary/aromatic N) is 2. The zero-order valence-corrected chi connectivity index (χ0v) is 10.9. The number of piperidine rings is 1. The summed E-state index contributed by atoms with van der Waals surface area (Å²) in [7, 11) is 0. The fourth-order valence-corrected chi connectivity index (χ4v) is 5.08. The van der Waals surface area contributed by atoms with E-state index in [0.717, 1.165) is 0 Å². The summed E-state index contributed by atoms with van der Waals surface area (Å²) in [6.45, 7) is 2.53. The molecule has 0 atom stereocenters. The summed E-state index contributed by atoms with van der Waals surface area (Å²) < 4.78 is 3.17. The quantitative estimate of drug-likeness (QED) is 0.725. The molecule has 1 saturated heterocycles. The van der Waals surface area contributed by atoms with Crippen LogP contribution < -0.4 is 4.90 Å². The predicted octanol–water partition coefficient (Wildman–Crippen LogP) is 2.01. The van der Waals surface area contributed by atoms with Crippen LogP contribution >= 0.6 is 0 Å². The van der Waals surface area contributed by atoms with Gasteiger partial charge < -0.3 is 0 Å². The van der Waals surface area contributed by atoms with Crippen molar-refractivity contribution in [3.05, 3.63) is 10.1 Å². The van der Waals surface area contributed by atoms with Crippen molar-refractivity contribution in [3.8, 4) is 0 Å². The molecule has 0 bridgehead atoms. The van der Waals surface area contributed by atoms with Gasteiger partial charge in [0.1, 0.15) is 0 Å². The summed E-state index contributed by atoms with van der Waals surface area (Å²) in [5, 5.41) is 0. The molecule has 1 fully saturated rings. The molecule has 0 spiro atoms. The Labute approximate surface area is 97.4 Å². The zero-order valence-electron chi connectivity index (χ0n) is 9.17. The van der Waals surface area contributed by atoms with Crippen LogP contribution in [-0.2, 0) is 12.8 Å². The molecular formula is C12H18N2Se. The maximum absolute atomic E-state index is 4.88. The third-order valence-electron chi connectivity index (χ3n) is 3.46. The molecule has 3 heteroatoms. The molecule has 1 aliphatic carbocycles. The Kier molecular flexibility index (Phi) is 2.85. The normalized spacial score (nSPS) is 21.5. The SMILES string of the molecule is C1CCN(c2nc3c([se]2)CCCC3)CC1. The van der Waals surface area contributed by atoms with Crippen molar-refractivity contribution in [1.82, 2.24) is 4.98 Å². The van der Waals surface area contributed by atoms with Gasteiger partial charge in [-0.2, -0.15) is 0 Å². The Hall–Kier alpha value is -0.271. The topological polar surface area (TPSA) is 16.1 Å². The van der Waals surface area contributed by atoms with Crippen LogP contribution in [0.15, 0.2) is 0 Å². The number of aryl methyl sites for hydroxylation is 2. The van der Waals surface area contributed by atoms with Gasteiger partial charge in [0.15, 0.2) is 0 Å². The molecule has 3 rings (SSSR count). The molecule has 1 aromatic heterocycles. The van der Waals surface area contributed by atoms with Gasteiger partial charge in [-0.3, -0.25) is 0 Å². The van der Waals surface area contributed by atoms with Crippen molar-refractivity contribution in [2.24, 2.45) is 0 Å². The van der Waals surface area contributed by atoms with Crippen LogP contribution in [0.25, 0.3) is 0 Å². The molecule has 0 unspecified atom stereocenters. The van der Waals surface area contributed by atoms with Crippen LogP contribution in [0.2, 0.25) is 0 Å². The van der Waals surface area contributed by atoms with Crippen molar-refractivity contribution in [3.63, 3.8) is 0 Å². The molecule has 0 saturated carbocycles. The van der Waals surface area contributed by atoms with Gasteiger partial charge in [0.25, 0.3) is 0 Å². The van der Waals surface area contributed by atoms with E-state index in [0.29, 0.717) is 14.5 Å². The number of anilines is 1. The molecule has 82 valence electrons. The van der Waals surface area contributed by atoms with E-state index in [1.54, 1.807) is 4.44 Å². The van der Waals surface area contributed by atoms with Gasteiger partial charge >= 0.3 is 97.2 Å². The first-order valence-corrected chi connectivity index (χ1v) is 7.88. The summed E-state index contributed by atoms with van der Waals surface area (Å²) in [6.07, 6.45) is 9.54. The van der Waals surface area contributed by atoms with Crippen molar-refractivity contribution < 1.29 is 0 Å². The maximum atomic E-state index is 4.88. The molecule has 1 aliphatic heterocycles. The molecule has 0 aromatic carbocycles. The van der Waals surface area contributed by atoms with Crippen LogP contribution in [0.1, 0.15) is 42.2 Å². The molecule has 0 radical (unpaired) electrons. The second-order valence-corrected chi connectivity index (χ2v) is 6.85. The fourth-order valence-electron chi connectivity index (χ4n) is 2.56. The Morgan fingerprint density at radius 1 is 0.933 bits per heavy atom. The molecular weight excluding hydrogens is 251 g/mol.